The number of pyridine rings is 2. The number of aliphatic carboxylic acids is 1. The Balaban J connectivity index is 0.983. The maximum atomic E-state index is 13.8. The number of carboxylic acid groups (broad SMARTS) is 1. The highest BCUT2D eigenvalue weighted by Gasteiger charge is 2.33. The Morgan fingerprint density at radius 2 is 1.62 bits per heavy atom. The van der Waals surface area contributed by atoms with E-state index in [2.05, 4.69) is 56.6 Å². The second-order valence-corrected chi connectivity index (χ2v) is 15.0. The summed E-state index contributed by atoms with van der Waals surface area (Å²) in [4.78, 5) is 44.5. The van der Waals surface area contributed by atoms with Crippen LogP contribution in [0, 0.1) is 19.8 Å². The van der Waals surface area contributed by atoms with E-state index in [-0.39, 0.29) is 11.8 Å². The Labute approximate surface area is 310 Å². The minimum Gasteiger partial charge on any atom is -0.481 e. The molecule has 1 saturated carbocycles. The van der Waals surface area contributed by atoms with Crippen LogP contribution in [0.5, 0.6) is 0 Å². The number of carbonyl (C=O) groups excluding carboxylic acids is 1. The number of nitrogens with zero attached hydrogens (tertiary/aromatic N) is 6. The predicted molar refractivity (Wildman–Crippen MR) is 207 cm³/mol. The Hall–Kier alpha value is -5.13. The van der Waals surface area contributed by atoms with E-state index in [0.717, 1.165) is 120 Å². The van der Waals surface area contributed by atoms with Gasteiger partial charge in [-0.2, -0.15) is 0 Å². The molecule has 1 aliphatic carbocycles. The van der Waals surface area contributed by atoms with Crippen LogP contribution < -0.4 is 10.6 Å². The van der Waals surface area contributed by atoms with E-state index in [1.54, 1.807) is 0 Å². The van der Waals surface area contributed by atoms with Gasteiger partial charge >= 0.3 is 5.97 Å². The zero-order chi connectivity index (χ0) is 36.6. The average Bonchev–Trinajstić information content (AvgIpc) is 3.80. The lowest BCUT2D eigenvalue weighted by Gasteiger charge is -2.37. The molecule has 1 saturated heterocycles. The summed E-state index contributed by atoms with van der Waals surface area (Å²) < 4.78 is 1.94. The van der Waals surface area contributed by atoms with Crippen LogP contribution in [0.3, 0.4) is 0 Å². The molecule has 3 aliphatic rings. The lowest BCUT2D eigenvalue weighted by molar-refractivity contribution is -0.143. The van der Waals surface area contributed by atoms with Crippen molar-refractivity contribution < 1.29 is 14.7 Å². The van der Waals surface area contributed by atoms with Gasteiger partial charge in [-0.25, -0.2) is 9.97 Å². The molecule has 2 aliphatic heterocycles. The number of carboxylic acids is 1. The van der Waals surface area contributed by atoms with Gasteiger partial charge in [0.2, 0.25) is 0 Å². The highest BCUT2D eigenvalue weighted by atomic mass is 16.4. The fourth-order valence-corrected chi connectivity index (χ4v) is 8.66. The van der Waals surface area contributed by atoms with E-state index in [1.807, 2.05) is 55.2 Å². The molecule has 1 amide bonds. The van der Waals surface area contributed by atoms with Crippen molar-refractivity contribution in [1.82, 2.24) is 29.3 Å². The molecule has 2 fully saturated rings. The van der Waals surface area contributed by atoms with Crippen LogP contribution in [0.2, 0.25) is 0 Å². The Morgan fingerprint density at radius 3 is 2.36 bits per heavy atom. The number of hydrogen-bond donors (Lipinski definition) is 3. The number of aromatic nitrogens is 4. The van der Waals surface area contributed by atoms with Gasteiger partial charge in [0.15, 0.2) is 11.6 Å². The summed E-state index contributed by atoms with van der Waals surface area (Å²) >= 11 is 0. The molecule has 0 bridgehead atoms. The number of amides is 1. The van der Waals surface area contributed by atoms with Gasteiger partial charge in [0, 0.05) is 74.0 Å². The molecule has 3 aromatic heterocycles. The van der Waals surface area contributed by atoms with Gasteiger partial charge in [0.25, 0.3) is 5.91 Å². The standard InChI is InChI=1S/C42H48N8O3/c1-26-32(8-6-10-34(26)45-39-38-30(16-18-43-39)22-28(23-44-38)24-49-19-4-5-20-49)33-9-7-11-35(27(33)2)47-41(51)40-46-36-25-50(21-17-37(36)48(40)3)31-14-12-29(13-15-31)42(52)53/h6-11,16,18,22-23,29,31H,4-5,12-15,17,19-21,24-25H2,1-3H3,(H,43,45)(H,47,51)(H,52,53). The number of imidazole rings is 1. The van der Waals surface area contributed by atoms with Crippen molar-refractivity contribution in [2.75, 3.05) is 30.3 Å². The molecule has 5 heterocycles. The van der Waals surface area contributed by atoms with Crippen molar-refractivity contribution in [3.8, 4) is 11.1 Å². The quantitative estimate of drug-likeness (QED) is 0.145. The number of fused-ring (bicyclic) bond motifs is 2. The van der Waals surface area contributed by atoms with Gasteiger partial charge in [-0.15, -0.1) is 0 Å². The van der Waals surface area contributed by atoms with Crippen molar-refractivity contribution in [1.29, 1.82) is 0 Å². The van der Waals surface area contributed by atoms with E-state index in [9.17, 15) is 14.7 Å². The third kappa shape index (κ3) is 7.03. The van der Waals surface area contributed by atoms with E-state index >= 15 is 0 Å². The highest BCUT2D eigenvalue weighted by Crippen LogP contribution is 2.36. The monoisotopic (exact) mass is 712 g/mol. The lowest BCUT2D eigenvalue weighted by atomic mass is 9.85. The van der Waals surface area contributed by atoms with Crippen molar-refractivity contribution in [3.63, 3.8) is 0 Å². The zero-order valence-corrected chi connectivity index (χ0v) is 30.9. The molecule has 0 unspecified atom stereocenters. The summed E-state index contributed by atoms with van der Waals surface area (Å²) in [5.74, 6) is -0.0235. The average molecular weight is 713 g/mol. The first-order valence-corrected chi connectivity index (χ1v) is 19.0. The molecular formula is C42H48N8O3. The highest BCUT2D eigenvalue weighted by molar-refractivity contribution is 6.03. The second-order valence-electron chi connectivity index (χ2n) is 15.0. The number of nitrogens with one attached hydrogen (secondary N) is 2. The third-order valence-corrected chi connectivity index (χ3v) is 11.8. The molecule has 5 aromatic rings. The number of hydrogen-bond acceptors (Lipinski definition) is 8. The molecule has 2 aromatic carbocycles. The Morgan fingerprint density at radius 1 is 0.906 bits per heavy atom. The molecule has 0 radical (unpaired) electrons. The topological polar surface area (TPSA) is 129 Å². The van der Waals surface area contributed by atoms with E-state index in [1.165, 1.54) is 18.4 Å². The van der Waals surface area contributed by atoms with Gasteiger partial charge in [-0.1, -0.05) is 24.3 Å². The van der Waals surface area contributed by atoms with Crippen LogP contribution in [0.15, 0.2) is 60.9 Å². The zero-order valence-electron chi connectivity index (χ0n) is 30.9. The van der Waals surface area contributed by atoms with E-state index < -0.39 is 5.97 Å². The maximum Gasteiger partial charge on any atom is 0.306 e. The van der Waals surface area contributed by atoms with Gasteiger partial charge in [0.1, 0.15) is 5.52 Å². The molecular weight excluding hydrogens is 665 g/mol. The van der Waals surface area contributed by atoms with Crippen LogP contribution in [0.25, 0.3) is 22.0 Å². The van der Waals surface area contributed by atoms with Crippen molar-refractivity contribution >= 4 is 40.0 Å². The summed E-state index contributed by atoms with van der Waals surface area (Å²) in [5, 5.41) is 17.2. The summed E-state index contributed by atoms with van der Waals surface area (Å²) in [6.45, 7) is 8.94. The van der Waals surface area contributed by atoms with Crippen LogP contribution in [0.4, 0.5) is 17.2 Å². The van der Waals surface area contributed by atoms with Crippen LogP contribution in [0.1, 0.15) is 77.2 Å². The summed E-state index contributed by atoms with van der Waals surface area (Å²) in [7, 11) is 1.92. The fraction of sp³-hybridized carbons (Fsp3) is 0.405. The minimum atomic E-state index is -0.681. The fourth-order valence-electron chi connectivity index (χ4n) is 8.66. The SMILES string of the molecule is Cc1c(NC(=O)c2nc3c(n2C)CCN(C2CCC(C(=O)O)CC2)C3)cccc1-c1cccc(Nc2nccc3cc(CN4CCCC4)cnc23)c1C. The first kappa shape index (κ1) is 34.9. The maximum absolute atomic E-state index is 13.8. The number of anilines is 3. The van der Waals surface area contributed by atoms with Crippen molar-refractivity contribution in [2.24, 2.45) is 13.0 Å². The number of carbonyl (C=O) groups is 2. The first-order chi connectivity index (χ1) is 25.7. The lowest BCUT2D eigenvalue weighted by Crippen LogP contribution is -2.42. The molecule has 11 nitrogen and oxygen atoms in total. The number of benzene rings is 2. The Bertz CT molecular complexity index is 2180. The van der Waals surface area contributed by atoms with Crippen molar-refractivity contribution in [3.05, 3.63) is 94.8 Å². The van der Waals surface area contributed by atoms with Crippen LogP contribution in [-0.4, -0.2) is 72.0 Å². The molecule has 8 rings (SSSR count). The van der Waals surface area contributed by atoms with Crippen LogP contribution in [-0.2, 0) is 31.4 Å². The van der Waals surface area contributed by atoms with Gasteiger partial charge in [-0.3, -0.25) is 24.4 Å². The van der Waals surface area contributed by atoms with Crippen LogP contribution >= 0.6 is 0 Å². The third-order valence-electron chi connectivity index (χ3n) is 11.8. The van der Waals surface area contributed by atoms with Gasteiger partial charge < -0.3 is 20.3 Å². The van der Waals surface area contributed by atoms with Gasteiger partial charge in [-0.05, 0) is 118 Å². The molecule has 0 spiro atoms. The summed E-state index contributed by atoms with van der Waals surface area (Å²) in [6.07, 6.45) is 10.4. The number of likely N-dealkylation sites (tertiary alicyclic amines) is 1. The second kappa shape index (κ2) is 14.7. The summed E-state index contributed by atoms with van der Waals surface area (Å²) in [6, 6.07) is 16.8. The first-order valence-electron chi connectivity index (χ1n) is 19.0. The molecule has 274 valence electrons. The molecule has 11 heteroatoms. The Kier molecular flexibility index (Phi) is 9.70. The summed E-state index contributed by atoms with van der Waals surface area (Å²) in [5.41, 5.74) is 9.92. The molecule has 53 heavy (non-hydrogen) atoms. The van der Waals surface area contributed by atoms with Crippen molar-refractivity contribution in [2.45, 2.75) is 77.9 Å². The molecule has 3 N–H and O–H groups in total. The predicted octanol–water partition coefficient (Wildman–Crippen LogP) is 7.24. The van der Waals surface area contributed by atoms with E-state index in [4.69, 9.17) is 9.97 Å². The normalized spacial score (nSPS) is 19.3. The number of rotatable bonds is 9. The minimum absolute atomic E-state index is 0.230. The smallest absolute Gasteiger partial charge is 0.306 e. The van der Waals surface area contributed by atoms with Gasteiger partial charge in [0.05, 0.1) is 11.6 Å². The molecule has 0 atom stereocenters. The van der Waals surface area contributed by atoms with E-state index in [0.29, 0.717) is 18.4 Å². The largest absolute Gasteiger partial charge is 0.481 e.